The van der Waals surface area contributed by atoms with Crippen molar-refractivity contribution in [3.63, 3.8) is 0 Å². The molecule has 0 unspecified atom stereocenters. The molecule has 1 aromatic rings. The third kappa shape index (κ3) is 2.09. The van der Waals surface area contributed by atoms with Crippen LogP contribution in [0.15, 0.2) is 24.3 Å². The van der Waals surface area contributed by atoms with E-state index < -0.39 is 0 Å². The van der Waals surface area contributed by atoms with Gasteiger partial charge in [-0.1, -0.05) is 12.5 Å². The van der Waals surface area contributed by atoms with Gasteiger partial charge in [0.2, 0.25) is 5.91 Å². The number of anilines is 1. The fourth-order valence-corrected chi connectivity index (χ4v) is 3.50. The molecule has 18 heavy (non-hydrogen) atoms. The molecule has 1 N–H and O–H groups in total. The van der Waals surface area contributed by atoms with E-state index in [0.717, 1.165) is 23.8 Å². The van der Waals surface area contributed by atoms with Crippen LogP contribution in [-0.2, 0) is 4.79 Å². The van der Waals surface area contributed by atoms with Crippen LogP contribution in [0.25, 0.3) is 0 Å². The minimum Gasteiger partial charge on any atom is -0.497 e. The molecular formula is C15H19NO2. The number of carbonyl (C=O) groups excluding carboxylic acids is 1. The topological polar surface area (TPSA) is 38.3 Å². The molecule has 96 valence electrons. The van der Waals surface area contributed by atoms with Crippen LogP contribution in [0.5, 0.6) is 5.75 Å². The van der Waals surface area contributed by atoms with E-state index in [1.54, 1.807) is 7.11 Å². The van der Waals surface area contributed by atoms with Crippen molar-refractivity contribution < 1.29 is 9.53 Å². The predicted molar refractivity (Wildman–Crippen MR) is 70.6 cm³/mol. The second-order valence-electron chi connectivity index (χ2n) is 5.50. The largest absolute Gasteiger partial charge is 0.497 e. The lowest BCUT2D eigenvalue weighted by atomic mass is 9.88. The predicted octanol–water partition coefficient (Wildman–Crippen LogP) is 3.07. The maximum atomic E-state index is 12.3. The summed E-state index contributed by atoms with van der Waals surface area (Å²) in [5.41, 5.74) is 0.835. The summed E-state index contributed by atoms with van der Waals surface area (Å²) >= 11 is 0. The molecule has 3 nitrogen and oxygen atoms in total. The number of ether oxygens (including phenoxy) is 1. The van der Waals surface area contributed by atoms with Crippen molar-refractivity contribution in [2.75, 3.05) is 12.4 Å². The third-order valence-electron chi connectivity index (χ3n) is 4.41. The van der Waals surface area contributed by atoms with Crippen LogP contribution in [0.2, 0.25) is 0 Å². The molecule has 0 heterocycles. The Kier molecular flexibility index (Phi) is 2.98. The van der Waals surface area contributed by atoms with Gasteiger partial charge in [-0.25, -0.2) is 0 Å². The Morgan fingerprint density at radius 2 is 2.22 bits per heavy atom. The highest BCUT2D eigenvalue weighted by molar-refractivity contribution is 5.93. The quantitative estimate of drug-likeness (QED) is 0.888. The lowest BCUT2D eigenvalue weighted by molar-refractivity contribution is -0.121. The number of rotatable bonds is 3. The Morgan fingerprint density at radius 1 is 1.33 bits per heavy atom. The zero-order valence-electron chi connectivity index (χ0n) is 10.7. The standard InChI is InChI=1S/C15H19NO2/c1-18-13-4-2-3-12(9-13)16-15(17)14-8-10-5-6-11(14)7-10/h2-4,9-11,14H,5-8H2,1H3,(H,16,17)/t10-,11+,14-/m0/s1. The fraction of sp³-hybridized carbons (Fsp3) is 0.533. The van der Waals surface area contributed by atoms with Crippen molar-refractivity contribution >= 4 is 11.6 Å². The van der Waals surface area contributed by atoms with Gasteiger partial charge in [-0.3, -0.25) is 4.79 Å². The summed E-state index contributed by atoms with van der Waals surface area (Å²) in [5.74, 6) is 2.63. The summed E-state index contributed by atoms with van der Waals surface area (Å²) in [6, 6.07) is 7.56. The van der Waals surface area contributed by atoms with E-state index in [9.17, 15) is 4.79 Å². The van der Waals surface area contributed by atoms with Crippen LogP contribution < -0.4 is 10.1 Å². The number of fused-ring (bicyclic) bond motifs is 2. The van der Waals surface area contributed by atoms with Crippen molar-refractivity contribution in [2.45, 2.75) is 25.7 Å². The smallest absolute Gasteiger partial charge is 0.227 e. The maximum absolute atomic E-state index is 12.3. The number of nitrogens with one attached hydrogen (secondary N) is 1. The Labute approximate surface area is 108 Å². The minimum absolute atomic E-state index is 0.190. The highest BCUT2D eigenvalue weighted by Gasteiger charge is 2.42. The van der Waals surface area contributed by atoms with Gasteiger partial charge in [0.25, 0.3) is 0 Å². The normalized spacial score (nSPS) is 29.3. The van der Waals surface area contributed by atoms with E-state index in [4.69, 9.17) is 4.74 Å². The first-order chi connectivity index (χ1) is 8.76. The van der Waals surface area contributed by atoms with Crippen LogP contribution in [0, 0.1) is 17.8 Å². The van der Waals surface area contributed by atoms with Crippen LogP contribution in [0.1, 0.15) is 25.7 Å². The Bertz CT molecular complexity index is 458. The molecule has 2 saturated carbocycles. The van der Waals surface area contributed by atoms with Gasteiger partial charge in [0.1, 0.15) is 5.75 Å². The van der Waals surface area contributed by atoms with Gasteiger partial charge in [0.15, 0.2) is 0 Å². The maximum Gasteiger partial charge on any atom is 0.227 e. The molecule has 3 rings (SSSR count). The highest BCUT2D eigenvalue weighted by Crippen LogP contribution is 2.48. The van der Waals surface area contributed by atoms with Crippen LogP contribution in [-0.4, -0.2) is 13.0 Å². The molecule has 3 atom stereocenters. The van der Waals surface area contributed by atoms with Gasteiger partial charge < -0.3 is 10.1 Å². The molecular weight excluding hydrogens is 226 g/mol. The molecule has 0 radical (unpaired) electrons. The van der Waals surface area contributed by atoms with E-state index in [1.807, 2.05) is 24.3 Å². The molecule has 0 aromatic heterocycles. The average molecular weight is 245 g/mol. The van der Waals surface area contributed by atoms with Crippen LogP contribution in [0.4, 0.5) is 5.69 Å². The summed E-state index contributed by atoms with van der Waals surface area (Å²) in [5, 5.41) is 3.02. The Hall–Kier alpha value is -1.51. The lowest BCUT2D eigenvalue weighted by Crippen LogP contribution is -2.27. The van der Waals surface area contributed by atoms with E-state index >= 15 is 0 Å². The van der Waals surface area contributed by atoms with Crippen molar-refractivity contribution in [1.82, 2.24) is 0 Å². The van der Waals surface area contributed by atoms with Gasteiger partial charge in [-0.2, -0.15) is 0 Å². The van der Waals surface area contributed by atoms with Gasteiger partial charge in [-0.15, -0.1) is 0 Å². The number of benzene rings is 1. The third-order valence-corrected chi connectivity index (χ3v) is 4.41. The van der Waals surface area contributed by atoms with E-state index in [0.29, 0.717) is 5.92 Å². The summed E-state index contributed by atoms with van der Waals surface area (Å²) in [6.07, 6.45) is 4.91. The van der Waals surface area contributed by atoms with Crippen molar-refractivity contribution in [2.24, 2.45) is 17.8 Å². The zero-order chi connectivity index (χ0) is 12.5. The molecule has 2 aliphatic rings. The van der Waals surface area contributed by atoms with Gasteiger partial charge >= 0.3 is 0 Å². The van der Waals surface area contributed by atoms with E-state index in [-0.39, 0.29) is 11.8 Å². The average Bonchev–Trinajstić information content (AvgIpc) is 3.01. The first-order valence-electron chi connectivity index (χ1n) is 6.71. The van der Waals surface area contributed by atoms with Gasteiger partial charge in [0, 0.05) is 17.7 Å². The highest BCUT2D eigenvalue weighted by atomic mass is 16.5. The van der Waals surface area contributed by atoms with Crippen LogP contribution >= 0.6 is 0 Å². The fourth-order valence-electron chi connectivity index (χ4n) is 3.50. The molecule has 3 heteroatoms. The summed E-state index contributed by atoms with van der Waals surface area (Å²) in [7, 11) is 1.64. The molecule has 0 aliphatic heterocycles. The van der Waals surface area contributed by atoms with E-state index in [1.165, 1.54) is 19.3 Å². The minimum atomic E-state index is 0.190. The SMILES string of the molecule is COc1cccc(NC(=O)[C@H]2C[C@H]3CC[C@@H]2C3)c1. The number of hydrogen-bond donors (Lipinski definition) is 1. The molecule has 2 bridgehead atoms. The first kappa shape index (κ1) is 11.6. The first-order valence-corrected chi connectivity index (χ1v) is 6.71. The Balaban J connectivity index is 1.67. The molecule has 2 fully saturated rings. The summed E-state index contributed by atoms with van der Waals surface area (Å²) in [4.78, 5) is 12.3. The Morgan fingerprint density at radius 3 is 2.89 bits per heavy atom. The number of hydrogen-bond acceptors (Lipinski definition) is 2. The summed E-state index contributed by atoms with van der Waals surface area (Å²) < 4.78 is 5.16. The molecule has 0 spiro atoms. The van der Waals surface area contributed by atoms with E-state index in [2.05, 4.69) is 5.32 Å². The monoisotopic (exact) mass is 245 g/mol. The number of carbonyl (C=O) groups is 1. The number of amides is 1. The van der Waals surface area contributed by atoms with Gasteiger partial charge in [0.05, 0.1) is 7.11 Å². The number of methoxy groups -OCH3 is 1. The molecule has 0 saturated heterocycles. The second kappa shape index (κ2) is 4.63. The summed E-state index contributed by atoms with van der Waals surface area (Å²) in [6.45, 7) is 0. The molecule has 1 amide bonds. The lowest BCUT2D eigenvalue weighted by Gasteiger charge is -2.20. The zero-order valence-corrected chi connectivity index (χ0v) is 10.7. The second-order valence-corrected chi connectivity index (χ2v) is 5.50. The molecule has 1 aromatic carbocycles. The van der Waals surface area contributed by atoms with Gasteiger partial charge in [-0.05, 0) is 43.2 Å². The van der Waals surface area contributed by atoms with Crippen molar-refractivity contribution in [1.29, 1.82) is 0 Å². The van der Waals surface area contributed by atoms with Crippen molar-refractivity contribution in [3.8, 4) is 5.75 Å². The van der Waals surface area contributed by atoms with Crippen molar-refractivity contribution in [3.05, 3.63) is 24.3 Å². The van der Waals surface area contributed by atoms with Crippen LogP contribution in [0.3, 0.4) is 0 Å². The molecule has 2 aliphatic carbocycles.